The predicted molar refractivity (Wildman–Crippen MR) is 119 cm³/mol. The fourth-order valence-corrected chi connectivity index (χ4v) is 4.79. The van der Waals surface area contributed by atoms with Crippen molar-refractivity contribution < 1.29 is 28.6 Å². The Kier molecular flexibility index (Phi) is 6.17. The molecule has 0 bridgehead atoms. The Morgan fingerprint density at radius 1 is 1.12 bits per heavy atom. The first kappa shape index (κ1) is 21.9. The van der Waals surface area contributed by atoms with E-state index in [4.69, 9.17) is 14.6 Å². The average Bonchev–Trinajstić information content (AvgIpc) is 3.09. The minimum absolute atomic E-state index is 0.184. The molecule has 1 saturated carbocycles. The lowest BCUT2D eigenvalue weighted by molar-refractivity contribution is -0.139. The molecule has 32 heavy (non-hydrogen) atoms. The Morgan fingerprint density at radius 2 is 1.88 bits per heavy atom. The van der Waals surface area contributed by atoms with Crippen LogP contribution >= 0.6 is 0 Å². The molecule has 6 nitrogen and oxygen atoms in total. The Labute approximate surface area is 185 Å². The Balaban J connectivity index is 1.96. The normalized spacial score (nSPS) is 14.5. The number of benzene rings is 2. The molecule has 1 aliphatic rings. The first-order valence-electron chi connectivity index (χ1n) is 10.8. The highest BCUT2D eigenvalue weighted by Gasteiger charge is 2.27. The number of carbonyl (C=O) groups excluding carboxylic acids is 1. The smallest absolute Gasteiger partial charge is 0.341 e. The molecule has 0 radical (unpaired) electrons. The molecule has 4 rings (SSSR count). The van der Waals surface area contributed by atoms with Crippen molar-refractivity contribution in [3.05, 3.63) is 53.3 Å². The maximum absolute atomic E-state index is 14.0. The molecule has 1 aliphatic carbocycles. The molecule has 0 unspecified atom stereocenters. The van der Waals surface area contributed by atoms with Gasteiger partial charge in [-0.15, -0.1) is 0 Å². The quantitative estimate of drug-likeness (QED) is 0.529. The molecule has 7 heteroatoms. The molecule has 1 aromatic heterocycles. The van der Waals surface area contributed by atoms with Crippen molar-refractivity contribution in [3.63, 3.8) is 0 Å². The van der Waals surface area contributed by atoms with Crippen LogP contribution in [0.1, 0.15) is 53.9 Å². The van der Waals surface area contributed by atoms with E-state index in [2.05, 4.69) is 0 Å². The van der Waals surface area contributed by atoms with Gasteiger partial charge < -0.3 is 19.1 Å². The number of aryl methyl sites for hydroxylation is 1. The fraction of sp³-hybridized carbons (Fsp3) is 0.360. The first-order valence-corrected chi connectivity index (χ1v) is 10.8. The van der Waals surface area contributed by atoms with E-state index < -0.39 is 24.4 Å². The van der Waals surface area contributed by atoms with E-state index in [1.807, 2.05) is 17.7 Å². The zero-order chi connectivity index (χ0) is 22.8. The van der Waals surface area contributed by atoms with Gasteiger partial charge in [0.15, 0.2) is 6.61 Å². The number of fused-ring (bicyclic) bond motifs is 1. The summed E-state index contributed by atoms with van der Waals surface area (Å²) in [5.41, 5.74) is 3.92. The first-order chi connectivity index (χ1) is 15.4. The number of ether oxygens (including phenoxy) is 2. The van der Waals surface area contributed by atoms with Gasteiger partial charge in [0.2, 0.25) is 0 Å². The predicted octanol–water partition coefficient (Wildman–Crippen LogP) is 5.28. The van der Waals surface area contributed by atoms with Crippen LogP contribution < -0.4 is 4.74 Å². The third-order valence-corrected chi connectivity index (χ3v) is 6.22. The Hall–Kier alpha value is -3.35. The number of hydrogen-bond acceptors (Lipinski definition) is 4. The van der Waals surface area contributed by atoms with Crippen LogP contribution in [0.3, 0.4) is 0 Å². The summed E-state index contributed by atoms with van der Waals surface area (Å²) < 4.78 is 26.4. The molecule has 3 aromatic rings. The van der Waals surface area contributed by atoms with Crippen molar-refractivity contribution in [2.75, 3.05) is 13.7 Å². The highest BCUT2D eigenvalue weighted by molar-refractivity contribution is 5.99. The van der Waals surface area contributed by atoms with E-state index >= 15 is 0 Å². The molecule has 0 amide bonds. The van der Waals surface area contributed by atoms with E-state index in [1.165, 1.54) is 25.7 Å². The second-order valence-corrected chi connectivity index (χ2v) is 8.20. The van der Waals surface area contributed by atoms with E-state index in [9.17, 15) is 14.0 Å². The maximum Gasteiger partial charge on any atom is 0.341 e. The van der Waals surface area contributed by atoms with E-state index in [-0.39, 0.29) is 5.75 Å². The van der Waals surface area contributed by atoms with E-state index in [1.54, 1.807) is 18.2 Å². The molecule has 1 fully saturated rings. The summed E-state index contributed by atoms with van der Waals surface area (Å²) in [5.74, 6) is -1.55. The maximum atomic E-state index is 14.0. The van der Waals surface area contributed by atoms with Crippen LogP contribution in [-0.2, 0) is 16.6 Å². The third kappa shape index (κ3) is 4.07. The van der Waals surface area contributed by atoms with Gasteiger partial charge in [0.1, 0.15) is 11.6 Å². The fourth-order valence-electron chi connectivity index (χ4n) is 4.79. The summed E-state index contributed by atoms with van der Waals surface area (Å²) in [6.07, 6.45) is 5.54. The lowest BCUT2D eigenvalue weighted by Gasteiger charge is -2.24. The molecular formula is C25H26FNO5. The van der Waals surface area contributed by atoms with Crippen molar-refractivity contribution in [1.82, 2.24) is 4.57 Å². The van der Waals surface area contributed by atoms with Gasteiger partial charge in [-0.2, -0.15) is 0 Å². The van der Waals surface area contributed by atoms with Gasteiger partial charge in [-0.1, -0.05) is 25.3 Å². The largest absolute Gasteiger partial charge is 0.481 e. The molecule has 1 heterocycles. The minimum atomic E-state index is -1.13. The van der Waals surface area contributed by atoms with Crippen LogP contribution in [0.15, 0.2) is 36.4 Å². The van der Waals surface area contributed by atoms with Gasteiger partial charge >= 0.3 is 11.9 Å². The molecule has 0 aliphatic heterocycles. The lowest BCUT2D eigenvalue weighted by Crippen LogP contribution is -2.11. The van der Waals surface area contributed by atoms with Crippen molar-refractivity contribution >= 4 is 22.8 Å². The summed E-state index contributed by atoms with van der Waals surface area (Å²) in [4.78, 5) is 23.2. The van der Waals surface area contributed by atoms with Crippen molar-refractivity contribution in [2.45, 2.75) is 38.0 Å². The number of esters is 1. The number of carbonyl (C=O) groups is 2. The number of carboxylic acid groups (broad SMARTS) is 1. The zero-order valence-corrected chi connectivity index (χ0v) is 18.2. The highest BCUT2D eigenvalue weighted by Crippen LogP contribution is 2.46. The summed E-state index contributed by atoms with van der Waals surface area (Å²) in [6, 6.07) is 9.71. The number of halogens is 1. The number of hydrogen-bond donors (Lipinski definition) is 1. The number of aromatic nitrogens is 1. The minimum Gasteiger partial charge on any atom is -0.481 e. The van der Waals surface area contributed by atoms with E-state index in [0.717, 1.165) is 47.8 Å². The third-order valence-electron chi connectivity index (χ3n) is 6.22. The SMILES string of the molecule is COC(=O)c1ccc2c(C3CCCCC3)c(-c3ccc(F)cc3OCC(=O)O)n(C)c2c1. The summed E-state index contributed by atoms with van der Waals surface area (Å²) in [6.45, 7) is -0.564. The van der Waals surface area contributed by atoms with Crippen LogP contribution in [0, 0.1) is 5.82 Å². The summed E-state index contributed by atoms with van der Waals surface area (Å²) in [7, 11) is 3.25. The average molecular weight is 439 g/mol. The number of nitrogens with zero attached hydrogens (tertiary/aromatic N) is 1. The van der Waals surface area contributed by atoms with Crippen LogP contribution in [-0.4, -0.2) is 35.3 Å². The Morgan fingerprint density at radius 3 is 2.56 bits per heavy atom. The zero-order valence-electron chi connectivity index (χ0n) is 18.2. The van der Waals surface area contributed by atoms with Crippen molar-refractivity contribution in [2.24, 2.45) is 7.05 Å². The summed E-state index contributed by atoms with van der Waals surface area (Å²) >= 11 is 0. The molecule has 168 valence electrons. The number of carboxylic acids is 1. The van der Waals surface area contributed by atoms with Crippen molar-refractivity contribution in [3.8, 4) is 17.0 Å². The standard InChI is InChI=1S/C25H26FNO5/c1-27-20-12-16(25(30)31-2)8-10-18(20)23(15-6-4-3-5-7-15)24(27)19-11-9-17(26)13-21(19)32-14-22(28)29/h8-13,15H,3-7,14H2,1-2H3,(H,28,29). The molecule has 0 saturated heterocycles. The van der Waals surface area contributed by atoms with Crippen LogP contribution in [0.5, 0.6) is 5.75 Å². The molecule has 0 atom stereocenters. The van der Waals surface area contributed by atoms with E-state index in [0.29, 0.717) is 17.0 Å². The molecule has 2 aromatic carbocycles. The monoisotopic (exact) mass is 439 g/mol. The van der Waals surface area contributed by atoms with Gasteiger partial charge in [0, 0.05) is 29.6 Å². The number of aliphatic carboxylic acids is 1. The van der Waals surface area contributed by atoms with Crippen molar-refractivity contribution in [1.29, 1.82) is 0 Å². The van der Waals surface area contributed by atoms with Gasteiger partial charge in [0.05, 0.1) is 18.4 Å². The van der Waals surface area contributed by atoms with Crippen LogP contribution in [0.2, 0.25) is 0 Å². The van der Waals surface area contributed by atoms with Gasteiger partial charge in [-0.05, 0) is 48.6 Å². The van der Waals surface area contributed by atoms with Gasteiger partial charge in [-0.3, -0.25) is 0 Å². The lowest BCUT2D eigenvalue weighted by atomic mass is 9.81. The second-order valence-electron chi connectivity index (χ2n) is 8.20. The number of methoxy groups -OCH3 is 1. The highest BCUT2D eigenvalue weighted by atomic mass is 19.1. The second kappa shape index (κ2) is 9.02. The molecule has 1 N–H and O–H groups in total. The van der Waals surface area contributed by atoms with Gasteiger partial charge in [-0.25, -0.2) is 14.0 Å². The number of rotatable bonds is 6. The molecular weight excluding hydrogens is 413 g/mol. The summed E-state index contributed by atoms with van der Waals surface area (Å²) in [5, 5.41) is 10.1. The molecule has 0 spiro atoms. The Bertz CT molecular complexity index is 1180. The van der Waals surface area contributed by atoms with Crippen LogP contribution in [0.4, 0.5) is 4.39 Å². The van der Waals surface area contributed by atoms with Crippen LogP contribution in [0.25, 0.3) is 22.2 Å². The van der Waals surface area contributed by atoms with Gasteiger partial charge in [0.25, 0.3) is 0 Å². The topological polar surface area (TPSA) is 77.8 Å².